The third kappa shape index (κ3) is 5.59. The van der Waals surface area contributed by atoms with Crippen LogP contribution >= 0.6 is 0 Å². The average molecular weight is 395 g/mol. The fourth-order valence-corrected chi connectivity index (χ4v) is 3.51. The summed E-state index contributed by atoms with van der Waals surface area (Å²) < 4.78 is 5.62. The highest BCUT2D eigenvalue weighted by Gasteiger charge is 2.21. The smallest absolute Gasteiger partial charge is 0.262 e. The van der Waals surface area contributed by atoms with E-state index in [1.165, 1.54) is 5.56 Å². The summed E-state index contributed by atoms with van der Waals surface area (Å²) in [6, 6.07) is 15.0. The number of hydrogen-bond donors (Lipinski definition) is 1. The molecular formula is C24H30N2O3. The van der Waals surface area contributed by atoms with Crippen LogP contribution in [0.2, 0.25) is 0 Å². The molecule has 5 heteroatoms. The van der Waals surface area contributed by atoms with Gasteiger partial charge in [0.05, 0.1) is 11.3 Å². The van der Waals surface area contributed by atoms with Crippen LogP contribution in [0.25, 0.3) is 0 Å². The molecule has 1 aliphatic heterocycles. The predicted molar refractivity (Wildman–Crippen MR) is 115 cm³/mol. The van der Waals surface area contributed by atoms with E-state index in [1.807, 2.05) is 41.3 Å². The van der Waals surface area contributed by atoms with Crippen LogP contribution in [0, 0.1) is 0 Å². The number of hydrogen-bond acceptors (Lipinski definition) is 3. The van der Waals surface area contributed by atoms with Crippen molar-refractivity contribution in [1.82, 2.24) is 4.90 Å². The summed E-state index contributed by atoms with van der Waals surface area (Å²) in [5.41, 5.74) is 2.32. The molecular weight excluding hydrogens is 364 g/mol. The molecule has 0 aliphatic carbocycles. The van der Waals surface area contributed by atoms with Crippen LogP contribution in [0.3, 0.4) is 0 Å². The highest BCUT2D eigenvalue weighted by atomic mass is 16.5. The Bertz CT molecular complexity index is 826. The van der Waals surface area contributed by atoms with Crippen molar-refractivity contribution in [1.29, 1.82) is 0 Å². The van der Waals surface area contributed by atoms with E-state index < -0.39 is 0 Å². The molecule has 0 spiro atoms. The predicted octanol–water partition coefficient (Wildman–Crippen LogP) is 4.84. The van der Waals surface area contributed by atoms with Gasteiger partial charge in [-0.1, -0.05) is 38.1 Å². The number of carbonyl (C=O) groups is 2. The standard InChI is InChI=1S/C24H30N2O3/c1-3-18(2)19-11-13-20(14-12-19)29-17-23(27)25-22-10-6-5-9-21(22)24(28)26-15-7-4-8-16-26/h5-6,9-14,18H,3-4,7-8,15-17H2,1-2H3,(H,25,27)/t18-/m1/s1. The fourth-order valence-electron chi connectivity index (χ4n) is 3.51. The second kappa shape index (κ2) is 10.1. The molecule has 5 nitrogen and oxygen atoms in total. The Kier molecular flexibility index (Phi) is 7.28. The molecule has 2 aromatic carbocycles. The Morgan fingerprint density at radius 2 is 1.72 bits per heavy atom. The third-order valence-corrected chi connectivity index (χ3v) is 5.51. The largest absolute Gasteiger partial charge is 0.484 e. The van der Waals surface area contributed by atoms with E-state index in [2.05, 4.69) is 19.2 Å². The van der Waals surface area contributed by atoms with Gasteiger partial charge >= 0.3 is 0 Å². The lowest BCUT2D eigenvalue weighted by molar-refractivity contribution is -0.118. The number of carbonyl (C=O) groups excluding carboxylic acids is 2. The Hall–Kier alpha value is -2.82. The van der Waals surface area contributed by atoms with E-state index in [1.54, 1.807) is 12.1 Å². The van der Waals surface area contributed by atoms with E-state index >= 15 is 0 Å². The van der Waals surface area contributed by atoms with Crippen molar-refractivity contribution < 1.29 is 14.3 Å². The normalized spacial score (nSPS) is 14.9. The summed E-state index contributed by atoms with van der Waals surface area (Å²) in [6.07, 6.45) is 4.31. The lowest BCUT2D eigenvalue weighted by Crippen LogP contribution is -2.36. The molecule has 1 aliphatic rings. The first-order chi connectivity index (χ1) is 14.1. The maximum atomic E-state index is 12.8. The second-order valence-corrected chi connectivity index (χ2v) is 7.61. The molecule has 29 heavy (non-hydrogen) atoms. The number of para-hydroxylation sites is 1. The molecule has 1 N–H and O–H groups in total. The Balaban J connectivity index is 1.58. The van der Waals surface area contributed by atoms with Crippen LogP contribution < -0.4 is 10.1 Å². The van der Waals surface area contributed by atoms with Crippen molar-refractivity contribution in [2.24, 2.45) is 0 Å². The first-order valence-electron chi connectivity index (χ1n) is 10.5. The molecule has 1 atom stereocenters. The number of nitrogens with zero attached hydrogens (tertiary/aromatic N) is 1. The van der Waals surface area contributed by atoms with Gasteiger partial charge in [0.1, 0.15) is 5.75 Å². The molecule has 1 fully saturated rings. The minimum atomic E-state index is -0.283. The Morgan fingerprint density at radius 1 is 1.03 bits per heavy atom. The molecule has 0 saturated carbocycles. The first kappa shape index (κ1) is 20.9. The van der Waals surface area contributed by atoms with Crippen molar-refractivity contribution in [2.75, 3.05) is 25.0 Å². The van der Waals surface area contributed by atoms with Gasteiger partial charge in [-0.05, 0) is 61.4 Å². The summed E-state index contributed by atoms with van der Waals surface area (Å²) >= 11 is 0. The lowest BCUT2D eigenvalue weighted by atomic mass is 9.99. The van der Waals surface area contributed by atoms with Gasteiger partial charge in [0, 0.05) is 13.1 Å². The van der Waals surface area contributed by atoms with E-state index in [-0.39, 0.29) is 18.4 Å². The number of ether oxygens (including phenoxy) is 1. The van der Waals surface area contributed by atoms with Crippen LogP contribution in [-0.2, 0) is 4.79 Å². The van der Waals surface area contributed by atoms with Crippen molar-refractivity contribution >= 4 is 17.5 Å². The van der Waals surface area contributed by atoms with Gasteiger partial charge in [-0.2, -0.15) is 0 Å². The van der Waals surface area contributed by atoms with Gasteiger partial charge < -0.3 is 15.0 Å². The molecule has 2 amide bonds. The minimum absolute atomic E-state index is 0.0258. The maximum absolute atomic E-state index is 12.8. The summed E-state index contributed by atoms with van der Waals surface area (Å²) in [5.74, 6) is 0.850. The highest BCUT2D eigenvalue weighted by molar-refractivity contribution is 6.04. The number of piperidine rings is 1. The molecule has 0 unspecified atom stereocenters. The van der Waals surface area contributed by atoms with Gasteiger partial charge in [-0.25, -0.2) is 0 Å². The minimum Gasteiger partial charge on any atom is -0.484 e. The summed E-state index contributed by atoms with van der Waals surface area (Å²) in [6.45, 7) is 5.79. The first-order valence-corrected chi connectivity index (χ1v) is 10.5. The van der Waals surface area contributed by atoms with Gasteiger partial charge in [-0.3, -0.25) is 9.59 Å². The van der Waals surface area contributed by atoms with E-state index in [0.717, 1.165) is 38.8 Å². The zero-order valence-electron chi connectivity index (χ0n) is 17.3. The van der Waals surface area contributed by atoms with Crippen molar-refractivity contribution in [3.63, 3.8) is 0 Å². The topological polar surface area (TPSA) is 58.6 Å². The average Bonchev–Trinajstić information content (AvgIpc) is 2.78. The molecule has 0 radical (unpaired) electrons. The third-order valence-electron chi connectivity index (χ3n) is 5.51. The summed E-state index contributed by atoms with van der Waals surface area (Å²) in [5, 5.41) is 2.83. The quantitative estimate of drug-likeness (QED) is 0.731. The molecule has 3 rings (SSSR count). The second-order valence-electron chi connectivity index (χ2n) is 7.61. The number of rotatable bonds is 7. The van der Waals surface area contributed by atoms with Crippen LogP contribution in [0.5, 0.6) is 5.75 Å². The number of anilines is 1. The number of nitrogens with one attached hydrogen (secondary N) is 1. The number of likely N-dealkylation sites (tertiary alicyclic amines) is 1. The molecule has 2 aromatic rings. The van der Waals surface area contributed by atoms with Crippen LogP contribution in [0.1, 0.15) is 61.4 Å². The van der Waals surface area contributed by atoms with Gasteiger partial charge in [0.15, 0.2) is 6.61 Å². The zero-order chi connectivity index (χ0) is 20.6. The van der Waals surface area contributed by atoms with Crippen molar-refractivity contribution in [2.45, 2.75) is 45.4 Å². The van der Waals surface area contributed by atoms with Gasteiger partial charge in [0.2, 0.25) is 0 Å². The molecule has 0 aromatic heterocycles. The zero-order valence-corrected chi connectivity index (χ0v) is 17.3. The SMILES string of the molecule is CC[C@@H](C)c1ccc(OCC(=O)Nc2ccccc2C(=O)N2CCCCC2)cc1. The Labute approximate surface area is 173 Å². The molecule has 1 saturated heterocycles. The fraction of sp³-hybridized carbons (Fsp3) is 0.417. The molecule has 1 heterocycles. The summed E-state index contributed by atoms with van der Waals surface area (Å²) in [4.78, 5) is 27.1. The number of benzene rings is 2. The van der Waals surface area contributed by atoms with Crippen LogP contribution in [0.4, 0.5) is 5.69 Å². The Morgan fingerprint density at radius 3 is 2.41 bits per heavy atom. The van der Waals surface area contributed by atoms with Gasteiger partial charge in [-0.15, -0.1) is 0 Å². The molecule has 154 valence electrons. The van der Waals surface area contributed by atoms with Crippen LogP contribution in [0.15, 0.2) is 48.5 Å². The lowest BCUT2D eigenvalue weighted by Gasteiger charge is -2.27. The monoisotopic (exact) mass is 394 g/mol. The number of amides is 2. The summed E-state index contributed by atoms with van der Waals surface area (Å²) in [7, 11) is 0. The highest BCUT2D eigenvalue weighted by Crippen LogP contribution is 2.22. The van der Waals surface area contributed by atoms with E-state index in [0.29, 0.717) is 22.9 Å². The van der Waals surface area contributed by atoms with Crippen molar-refractivity contribution in [3.8, 4) is 5.75 Å². The van der Waals surface area contributed by atoms with Gasteiger partial charge in [0.25, 0.3) is 11.8 Å². The molecule has 0 bridgehead atoms. The van der Waals surface area contributed by atoms with Crippen LogP contribution in [-0.4, -0.2) is 36.4 Å². The van der Waals surface area contributed by atoms with E-state index in [9.17, 15) is 9.59 Å². The van der Waals surface area contributed by atoms with E-state index in [4.69, 9.17) is 4.74 Å². The van der Waals surface area contributed by atoms with Crippen molar-refractivity contribution in [3.05, 3.63) is 59.7 Å². The maximum Gasteiger partial charge on any atom is 0.262 e.